The van der Waals surface area contributed by atoms with Crippen LogP contribution in [0.4, 0.5) is 0 Å². The van der Waals surface area contributed by atoms with Crippen LogP contribution in [0.5, 0.6) is 0 Å². The van der Waals surface area contributed by atoms with E-state index in [1.165, 1.54) is 0 Å². The molecule has 2 nitrogen and oxygen atoms in total. The number of rotatable bonds is 4. The Kier molecular flexibility index (Phi) is 4.14. The zero-order valence-electron chi connectivity index (χ0n) is 7.16. The van der Waals surface area contributed by atoms with Crippen LogP contribution in [0.15, 0.2) is 0 Å². The van der Waals surface area contributed by atoms with Crippen LogP contribution in [0.2, 0.25) is 0 Å². The van der Waals surface area contributed by atoms with Gasteiger partial charge >= 0.3 is 0 Å². The van der Waals surface area contributed by atoms with Crippen LogP contribution in [-0.2, 0) is 4.79 Å². The van der Waals surface area contributed by atoms with Crippen LogP contribution in [-0.4, -0.2) is 22.2 Å². The van der Waals surface area contributed by atoms with Crippen molar-refractivity contribution in [2.75, 3.05) is 5.88 Å². The first kappa shape index (κ1) is 11.4. The van der Waals surface area contributed by atoms with Crippen molar-refractivity contribution in [1.82, 2.24) is 5.32 Å². The summed E-state index contributed by atoms with van der Waals surface area (Å²) in [4.78, 5) is 11.2. The van der Waals surface area contributed by atoms with Crippen molar-refractivity contribution in [3.8, 4) is 0 Å². The molecule has 0 saturated heterocycles. The molecule has 0 aromatic carbocycles. The Morgan fingerprint density at radius 2 is 2.08 bits per heavy atom. The molecule has 0 atom stereocenters. The van der Waals surface area contributed by atoms with Gasteiger partial charge in [0.25, 0.3) is 0 Å². The predicted octanol–water partition coefficient (Wildman–Crippen LogP) is 2.46. The monoisotopic (exact) mass is 243 g/mol. The summed E-state index contributed by atoms with van der Waals surface area (Å²) in [6.45, 7) is 0. The Hall–Kier alpha value is 0.340. The average Bonchev–Trinajstić information content (AvgIpc) is 1.97. The first-order valence-corrected chi connectivity index (χ1v) is 5.56. The van der Waals surface area contributed by atoms with Crippen molar-refractivity contribution in [1.29, 1.82) is 0 Å². The van der Waals surface area contributed by atoms with E-state index in [4.69, 9.17) is 34.8 Å². The van der Waals surface area contributed by atoms with Crippen LogP contribution in [0.1, 0.15) is 25.7 Å². The van der Waals surface area contributed by atoms with E-state index in [0.717, 1.165) is 0 Å². The second-order valence-corrected chi connectivity index (χ2v) is 5.34. The van der Waals surface area contributed by atoms with Crippen molar-refractivity contribution in [3.63, 3.8) is 0 Å². The van der Waals surface area contributed by atoms with Crippen LogP contribution in [0, 0.1) is 0 Å². The van der Waals surface area contributed by atoms with Crippen molar-refractivity contribution in [2.24, 2.45) is 0 Å². The number of halogens is 3. The first-order chi connectivity index (χ1) is 6.03. The van der Waals surface area contributed by atoms with Crippen molar-refractivity contribution in [2.45, 2.75) is 36.1 Å². The van der Waals surface area contributed by atoms with Gasteiger partial charge < -0.3 is 5.32 Å². The molecule has 76 valence electrons. The minimum absolute atomic E-state index is 0.0366. The SMILES string of the molecule is O=C(CCCCl)NC1CC(Cl)(Cl)C1. The van der Waals surface area contributed by atoms with Gasteiger partial charge in [-0.25, -0.2) is 0 Å². The minimum Gasteiger partial charge on any atom is -0.353 e. The number of hydrogen-bond acceptors (Lipinski definition) is 1. The van der Waals surface area contributed by atoms with Crippen LogP contribution >= 0.6 is 34.8 Å². The molecule has 13 heavy (non-hydrogen) atoms. The maximum atomic E-state index is 11.2. The topological polar surface area (TPSA) is 29.1 Å². The summed E-state index contributed by atoms with van der Waals surface area (Å²) >= 11 is 17.0. The molecule has 0 bridgehead atoms. The lowest BCUT2D eigenvalue weighted by atomic mass is 9.91. The lowest BCUT2D eigenvalue weighted by molar-refractivity contribution is -0.122. The van der Waals surface area contributed by atoms with E-state index < -0.39 is 4.33 Å². The Bertz CT molecular complexity index is 188. The fourth-order valence-corrected chi connectivity index (χ4v) is 2.17. The van der Waals surface area contributed by atoms with Gasteiger partial charge in [-0.3, -0.25) is 4.79 Å². The molecule has 1 aliphatic carbocycles. The quantitative estimate of drug-likeness (QED) is 0.756. The number of nitrogens with one attached hydrogen (secondary N) is 1. The van der Waals surface area contributed by atoms with Gasteiger partial charge in [0, 0.05) is 31.2 Å². The van der Waals surface area contributed by atoms with Crippen molar-refractivity contribution < 1.29 is 4.79 Å². The summed E-state index contributed by atoms with van der Waals surface area (Å²) < 4.78 is -0.621. The molecule has 1 amide bonds. The van der Waals surface area contributed by atoms with Gasteiger partial charge in [0.1, 0.15) is 4.33 Å². The van der Waals surface area contributed by atoms with Gasteiger partial charge in [0.2, 0.25) is 5.91 Å². The summed E-state index contributed by atoms with van der Waals surface area (Å²) in [6.07, 6.45) is 2.48. The minimum atomic E-state index is -0.621. The molecule has 1 N–H and O–H groups in total. The highest BCUT2D eigenvalue weighted by molar-refractivity contribution is 6.49. The molecule has 0 spiro atoms. The summed E-state index contributed by atoms with van der Waals surface area (Å²) in [5.74, 6) is 0.557. The highest BCUT2D eigenvalue weighted by Gasteiger charge is 2.41. The molecule has 0 aromatic heterocycles. The van der Waals surface area contributed by atoms with E-state index in [2.05, 4.69) is 5.32 Å². The highest BCUT2D eigenvalue weighted by Crippen LogP contribution is 2.42. The third-order valence-corrected chi connectivity index (χ3v) is 2.88. The molecule has 5 heteroatoms. The third-order valence-electron chi connectivity index (χ3n) is 1.99. The predicted molar refractivity (Wildman–Crippen MR) is 55.6 cm³/mol. The molecule has 1 saturated carbocycles. The summed E-state index contributed by atoms with van der Waals surface area (Å²) in [5.41, 5.74) is 0. The molecule has 1 aliphatic rings. The smallest absolute Gasteiger partial charge is 0.220 e. The fraction of sp³-hybridized carbons (Fsp3) is 0.875. The van der Waals surface area contributed by atoms with Crippen molar-refractivity contribution >= 4 is 40.7 Å². The van der Waals surface area contributed by atoms with Gasteiger partial charge in [-0.1, -0.05) is 0 Å². The van der Waals surface area contributed by atoms with Crippen LogP contribution in [0.25, 0.3) is 0 Å². The van der Waals surface area contributed by atoms with Gasteiger partial charge in [-0.05, 0) is 6.42 Å². The van der Waals surface area contributed by atoms with E-state index in [1.807, 2.05) is 0 Å². The number of carbonyl (C=O) groups is 1. The van der Waals surface area contributed by atoms with E-state index in [1.54, 1.807) is 0 Å². The number of carbonyl (C=O) groups excluding carboxylic acids is 1. The van der Waals surface area contributed by atoms with E-state index in [9.17, 15) is 4.79 Å². The molecule has 0 aromatic rings. The number of hydrogen-bond donors (Lipinski definition) is 1. The van der Waals surface area contributed by atoms with Crippen LogP contribution < -0.4 is 5.32 Å². The lowest BCUT2D eigenvalue weighted by Crippen LogP contribution is -2.49. The van der Waals surface area contributed by atoms with Gasteiger partial charge in [0.05, 0.1) is 0 Å². The highest BCUT2D eigenvalue weighted by atomic mass is 35.5. The Morgan fingerprint density at radius 1 is 1.46 bits per heavy atom. The third kappa shape index (κ3) is 3.92. The largest absolute Gasteiger partial charge is 0.353 e. The maximum absolute atomic E-state index is 11.2. The second kappa shape index (κ2) is 4.72. The zero-order valence-corrected chi connectivity index (χ0v) is 9.42. The molecular formula is C8H12Cl3NO. The van der Waals surface area contributed by atoms with Crippen LogP contribution in [0.3, 0.4) is 0 Å². The molecule has 1 fully saturated rings. The fourth-order valence-electron chi connectivity index (χ4n) is 1.29. The normalized spacial score (nSPS) is 20.8. The molecule has 1 rings (SSSR count). The summed E-state index contributed by atoms with van der Waals surface area (Å²) in [6, 6.07) is 0.151. The zero-order chi connectivity index (χ0) is 9.90. The molecule has 0 heterocycles. The van der Waals surface area contributed by atoms with E-state index in [-0.39, 0.29) is 11.9 Å². The first-order valence-electron chi connectivity index (χ1n) is 4.27. The maximum Gasteiger partial charge on any atom is 0.220 e. The number of alkyl halides is 3. The van der Waals surface area contributed by atoms with E-state index in [0.29, 0.717) is 31.6 Å². The molecule has 0 unspecified atom stereocenters. The summed E-state index contributed by atoms with van der Waals surface area (Å²) in [5, 5.41) is 2.84. The standard InChI is InChI=1S/C8H12Cl3NO/c9-3-1-2-7(13)12-6-4-8(10,11)5-6/h6H,1-5H2,(H,12,13). The summed E-state index contributed by atoms with van der Waals surface area (Å²) in [7, 11) is 0. The van der Waals surface area contributed by atoms with Gasteiger partial charge in [-0.15, -0.1) is 34.8 Å². The average molecular weight is 245 g/mol. The van der Waals surface area contributed by atoms with E-state index >= 15 is 0 Å². The lowest BCUT2D eigenvalue weighted by Gasteiger charge is -2.38. The number of amides is 1. The Labute approximate surface area is 92.9 Å². The Balaban J connectivity index is 2.10. The molecular weight excluding hydrogens is 232 g/mol. The second-order valence-electron chi connectivity index (χ2n) is 3.32. The van der Waals surface area contributed by atoms with Gasteiger partial charge in [-0.2, -0.15) is 0 Å². The molecule has 0 radical (unpaired) electrons. The Morgan fingerprint density at radius 3 is 2.54 bits per heavy atom. The van der Waals surface area contributed by atoms with Gasteiger partial charge in [0.15, 0.2) is 0 Å². The molecule has 0 aliphatic heterocycles. The van der Waals surface area contributed by atoms with Crippen molar-refractivity contribution in [3.05, 3.63) is 0 Å².